The Morgan fingerprint density at radius 3 is 0.804 bits per heavy atom. The van der Waals surface area contributed by atoms with Gasteiger partial charge in [-0.1, -0.05) is 71.8 Å². The minimum atomic E-state index is 0.419. The molecule has 56 heavy (non-hydrogen) atoms. The van der Waals surface area contributed by atoms with E-state index in [9.17, 15) is 0 Å². The number of benzene rings is 7. The second-order valence-corrected chi connectivity index (χ2v) is 13.5. The molecule has 8 heteroatoms. The normalized spacial score (nSPS) is 11.0. The molecule has 0 unspecified atom stereocenters. The quantitative estimate of drug-likeness (QED) is 0.138. The first-order valence-electron chi connectivity index (χ1n) is 18.4. The van der Waals surface area contributed by atoms with Crippen LogP contribution in [-0.4, -0.2) is 20.4 Å². The van der Waals surface area contributed by atoms with Gasteiger partial charge in [-0.05, 0) is 135 Å². The average Bonchev–Trinajstić information content (AvgIpc) is 3.96. The van der Waals surface area contributed by atoms with Gasteiger partial charge in [0.05, 0.1) is 0 Å². The van der Waals surface area contributed by atoms with Crippen molar-refractivity contribution in [3.63, 3.8) is 0 Å². The van der Waals surface area contributed by atoms with Gasteiger partial charge in [0.15, 0.2) is 0 Å². The van der Waals surface area contributed by atoms with E-state index in [1.807, 2.05) is 84.9 Å². The van der Waals surface area contributed by atoms with Gasteiger partial charge in [0.1, 0.15) is 0 Å². The van der Waals surface area contributed by atoms with Crippen LogP contribution in [0.2, 0.25) is 0 Å². The van der Waals surface area contributed by atoms with Crippen molar-refractivity contribution in [3.05, 3.63) is 193 Å². The Balaban J connectivity index is 0.904. The third kappa shape index (κ3) is 7.07. The zero-order chi connectivity index (χ0) is 37.8. The van der Waals surface area contributed by atoms with E-state index >= 15 is 0 Å². The van der Waals surface area contributed by atoms with Crippen LogP contribution < -0.4 is 9.80 Å². The molecule has 0 bridgehead atoms. The van der Waals surface area contributed by atoms with E-state index in [1.54, 1.807) is 0 Å². The first-order valence-corrected chi connectivity index (χ1v) is 18.4. The molecular formula is C48H36N6O2. The highest BCUT2D eigenvalue weighted by Gasteiger charge is 2.17. The summed E-state index contributed by atoms with van der Waals surface area (Å²) in [4.78, 5) is 4.44. The van der Waals surface area contributed by atoms with Crippen molar-refractivity contribution in [2.24, 2.45) is 0 Å². The highest BCUT2D eigenvalue weighted by molar-refractivity contribution is 5.79. The largest absolute Gasteiger partial charge is 0.416 e. The summed E-state index contributed by atoms with van der Waals surface area (Å²) in [6.07, 6.45) is 0. The molecule has 0 saturated carbocycles. The molecule has 0 atom stereocenters. The monoisotopic (exact) mass is 728 g/mol. The van der Waals surface area contributed by atoms with Crippen LogP contribution in [0.5, 0.6) is 0 Å². The van der Waals surface area contributed by atoms with Crippen molar-refractivity contribution in [1.82, 2.24) is 20.4 Å². The first-order chi connectivity index (χ1) is 27.6. The number of nitrogens with zero attached hydrogens (tertiary/aromatic N) is 6. The lowest BCUT2D eigenvalue weighted by molar-refractivity contribution is 0.582. The number of hydrogen-bond acceptors (Lipinski definition) is 8. The highest BCUT2D eigenvalue weighted by Crippen LogP contribution is 2.38. The van der Waals surface area contributed by atoms with E-state index in [2.05, 4.69) is 141 Å². The smallest absolute Gasteiger partial charge is 0.248 e. The van der Waals surface area contributed by atoms with Crippen LogP contribution in [0.3, 0.4) is 0 Å². The van der Waals surface area contributed by atoms with Crippen molar-refractivity contribution in [3.8, 4) is 45.8 Å². The molecule has 2 heterocycles. The summed E-state index contributed by atoms with van der Waals surface area (Å²) in [5.41, 5.74) is 12.0. The first kappa shape index (κ1) is 34.2. The van der Waals surface area contributed by atoms with E-state index in [1.165, 1.54) is 11.1 Å². The maximum absolute atomic E-state index is 6.14. The molecule has 0 aliphatic rings. The second kappa shape index (κ2) is 15.0. The van der Waals surface area contributed by atoms with Crippen LogP contribution in [-0.2, 0) is 0 Å². The molecule has 0 fully saturated rings. The van der Waals surface area contributed by atoms with Crippen LogP contribution in [0.1, 0.15) is 11.1 Å². The number of hydrogen-bond donors (Lipinski definition) is 0. The van der Waals surface area contributed by atoms with E-state index in [0.717, 1.165) is 56.4 Å². The number of aryl methyl sites for hydroxylation is 2. The van der Waals surface area contributed by atoms with E-state index in [0.29, 0.717) is 23.6 Å². The van der Waals surface area contributed by atoms with Gasteiger partial charge in [0.2, 0.25) is 23.6 Å². The minimum Gasteiger partial charge on any atom is -0.416 e. The number of rotatable bonds is 10. The maximum atomic E-state index is 6.14. The Kier molecular flexibility index (Phi) is 9.19. The Morgan fingerprint density at radius 1 is 0.286 bits per heavy atom. The van der Waals surface area contributed by atoms with Crippen molar-refractivity contribution in [2.45, 2.75) is 13.8 Å². The van der Waals surface area contributed by atoms with Crippen LogP contribution in [0, 0.1) is 13.8 Å². The molecule has 0 saturated heterocycles. The van der Waals surface area contributed by atoms with Crippen molar-refractivity contribution in [2.75, 3.05) is 9.80 Å². The maximum Gasteiger partial charge on any atom is 0.248 e. The minimum absolute atomic E-state index is 0.419. The molecule has 9 aromatic rings. The molecule has 2 aromatic heterocycles. The molecule has 0 aliphatic heterocycles. The Morgan fingerprint density at radius 2 is 0.518 bits per heavy atom. The third-order valence-electron chi connectivity index (χ3n) is 9.59. The zero-order valence-electron chi connectivity index (χ0n) is 30.8. The van der Waals surface area contributed by atoms with E-state index < -0.39 is 0 Å². The molecule has 0 spiro atoms. The average molecular weight is 729 g/mol. The van der Waals surface area contributed by atoms with Crippen molar-refractivity contribution >= 4 is 34.1 Å². The van der Waals surface area contributed by atoms with Gasteiger partial charge < -0.3 is 18.6 Å². The zero-order valence-corrected chi connectivity index (χ0v) is 30.8. The summed E-state index contributed by atoms with van der Waals surface area (Å²) >= 11 is 0. The standard InChI is InChI=1S/C48H36N6O2/c1-33-13-25-41(26-14-33)53(39-9-5-3-6-10-39)43-29-21-37(22-30-43)47-51-49-45(55-47)35-17-19-36(20-18-35)46-50-52-48(56-46)38-23-31-44(32-24-38)54(40-11-7-4-8-12-40)42-27-15-34(2)16-28-42/h3-32H,1-2H3. The highest BCUT2D eigenvalue weighted by atomic mass is 16.4. The molecular weight excluding hydrogens is 693 g/mol. The fraction of sp³-hybridized carbons (Fsp3) is 0.0417. The van der Waals surface area contributed by atoms with Crippen LogP contribution in [0.15, 0.2) is 191 Å². The predicted octanol–water partition coefficient (Wildman–Crippen LogP) is 12.7. The number of para-hydroxylation sites is 2. The molecule has 7 aromatic carbocycles. The van der Waals surface area contributed by atoms with Gasteiger partial charge >= 0.3 is 0 Å². The van der Waals surface area contributed by atoms with Gasteiger partial charge in [0.25, 0.3) is 0 Å². The van der Waals surface area contributed by atoms with Gasteiger partial charge in [0, 0.05) is 56.4 Å². The van der Waals surface area contributed by atoms with Crippen LogP contribution >= 0.6 is 0 Å². The van der Waals surface area contributed by atoms with Gasteiger partial charge in [-0.2, -0.15) is 0 Å². The summed E-state index contributed by atoms with van der Waals surface area (Å²) in [5.74, 6) is 1.72. The Labute approximate surface area is 325 Å². The number of aromatic nitrogens is 4. The topological polar surface area (TPSA) is 84.3 Å². The van der Waals surface area contributed by atoms with Gasteiger partial charge in [-0.3, -0.25) is 0 Å². The molecule has 270 valence electrons. The summed E-state index contributed by atoms with van der Waals surface area (Å²) in [7, 11) is 0. The lowest BCUT2D eigenvalue weighted by atomic mass is 10.1. The fourth-order valence-electron chi connectivity index (χ4n) is 6.61. The summed E-state index contributed by atoms with van der Waals surface area (Å²) in [6, 6.07) is 61.6. The van der Waals surface area contributed by atoms with Crippen LogP contribution in [0.25, 0.3) is 45.8 Å². The second-order valence-electron chi connectivity index (χ2n) is 13.5. The molecule has 0 N–H and O–H groups in total. The Hall–Kier alpha value is -7.58. The summed E-state index contributed by atoms with van der Waals surface area (Å²) < 4.78 is 12.3. The van der Waals surface area contributed by atoms with Crippen LogP contribution in [0.4, 0.5) is 34.1 Å². The SMILES string of the molecule is Cc1ccc(N(c2ccccc2)c2ccc(-c3nnc(-c4ccc(-c5nnc(-c6ccc(N(c7ccccc7)c7ccc(C)cc7)cc6)o5)cc4)o3)cc2)cc1. The van der Waals surface area contributed by atoms with Crippen molar-refractivity contribution in [1.29, 1.82) is 0 Å². The van der Waals surface area contributed by atoms with Crippen molar-refractivity contribution < 1.29 is 8.83 Å². The van der Waals surface area contributed by atoms with E-state index in [4.69, 9.17) is 8.83 Å². The lowest BCUT2D eigenvalue weighted by Gasteiger charge is -2.25. The van der Waals surface area contributed by atoms with E-state index in [-0.39, 0.29) is 0 Å². The fourth-order valence-corrected chi connectivity index (χ4v) is 6.61. The molecule has 8 nitrogen and oxygen atoms in total. The van der Waals surface area contributed by atoms with Gasteiger partial charge in [-0.25, -0.2) is 0 Å². The Bertz CT molecular complexity index is 2480. The molecule has 9 rings (SSSR count). The molecule has 0 radical (unpaired) electrons. The summed E-state index contributed by atoms with van der Waals surface area (Å²) in [5, 5.41) is 17.4. The summed E-state index contributed by atoms with van der Waals surface area (Å²) in [6.45, 7) is 4.19. The number of anilines is 6. The predicted molar refractivity (Wildman–Crippen MR) is 223 cm³/mol. The lowest BCUT2D eigenvalue weighted by Crippen LogP contribution is -2.09. The molecule has 0 aliphatic carbocycles. The molecule has 0 amide bonds. The van der Waals surface area contributed by atoms with Gasteiger partial charge in [-0.15, -0.1) is 20.4 Å². The third-order valence-corrected chi connectivity index (χ3v) is 9.59.